The maximum atomic E-state index is 12.3. The summed E-state index contributed by atoms with van der Waals surface area (Å²) in [7, 11) is 3.98. The van der Waals surface area contributed by atoms with Gasteiger partial charge in [-0.15, -0.1) is 0 Å². The number of hydrogen-bond donors (Lipinski definition) is 1. The minimum atomic E-state index is -0.197. The number of carbonyl (C=O) groups is 1. The lowest BCUT2D eigenvalue weighted by Crippen LogP contribution is -2.17. The first-order valence-corrected chi connectivity index (χ1v) is 7.91. The van der Waals surface area contributed by atoms with Crippen LogP contribution >= 0.6 is 0 Å². The molecule has 0 saturated heterocycles. The van der Waals surface area contributed by atoms with Crippen LogP contribution in [-0.4, -0.2) is 34.9 Å². The molecule has 25 heavy (non-hydrogen) atoms. The highest BCUT2D eigenvalue weighted by molar-refractivity contribution is 5.91. The maximum absolute atomic E-state index is 12.3. The topological polar surface area (TPSA) is 84.4 Å². The quantitative estimate of drug-likeness (QED) is 0.743. The number of aromatic nitrogens is 2. The van der Waals surface area contributed by atoms with Crippen LogP contribution in [0.1, 0.15) is 17.0 Å². The Hall–Kier alpha value is -2.93. The van der Waals surface area contributed by atoms with Crippen LogP contribution in [0.4, 0.5) is 5.82 Å². The first kappa shape index (κ1) is 16.9. The Morgan fingerprint density at radius 3 is 2.88 bits per heavy atom. The Morgan fingerprint density at radius 2 is 2.16 bits per heavy atom. The van der Waals surface area contributed by atoms with Gasteiger partial charge in [-0.2, -0.15) is 0 Å². The predicted molar refractivity (Wildman–Crippen MR) is 92.9 cm³/mol. The Balaban J connectivity index is 1.67. The lowest BCUT2D eigenvalue weighted by atomic mass is 10.2. The summed E-state index contributed by atoms with van der Waals surface area (Å²) in [4.78, 5) is 22.9. The van der Waals surface area contributed by atoms with Crippen molar-refractivity contribution in [3.05, 3.63) is 53.7 Å². The molecule has 1 N–H and O–H groups in total. The molecule has 0 aromatic carbocycles. The van der Waals surface area contributed by atoms with Crippen molar-refractivity contribution in [2.75, 3.05) is 19.4 Å². The standard InChI is InChI=1S/C18H20N4O3/c1-12-14(20-18(25-12)15-5-4-8-24-15)10-17(23)21-16-9-13(6-7-19-16)11-22(2)3/h4-9H,10-11H2,1-3H3,(H,19,21,23). The van der Waals surface area contributed by atoms with E-state index >= 15 is 0 Å². The largest absolute Gasteiger partial charge is 0.459 e. The first-order valence-electron chi connectivity index (χ1n) is 7.91. The van der Waals surface area contributed by atoms with E-state index < -0.39 is 0 Å². The fourth-order valence-electron chi connectivity index (χ4n) is 2.44. The summed E-state index contributed by atoms with van der Waals surface area (Å²) in [6, 6.07) is 7.30. The fraction of sp³-hybridized carbons (Fsp3) is 0.278. The molecule has 130 valence electrons. The molecule has 0 aliphatic rings. The molecular formula is C18H20N4O3. The number of aryl methyl sites for hydroxylation is 1. The highest BCUT2D eigenvalue weighted by atomic mass is 16.4. The number of furan rings is 1. The molecule has 7 heteroatoms. The monoisotopic (exact) mass is 340 g/mol. The molecule has 0 fully saturated rings. The second kappa shape index (κ2) is 7.31. The predicted octanol–water partition coefficient (Wildman–Crippen LogP) is 2.88. The molecule has 3 heterocycles. The molecule has 0 radical (unpaired) electrons. The van der Waals surface area contributed by atoms with Crippen LogP contribution in [-0.2, 0) is 17.8 Å². The Labute approximate surface area is 145 Å². The van der Waals surface area contributed by atoms with E-state index in [1.807, 2.05) is 26.2 Å². The van der Waals surface area contributed by atoms with Crippen molar-refractivity contribution in [2.24, 2.45) is 0 Å². The minimum Gasteiger partial charge on any atom is -0.459 e. The van der Waals surface area contributed by atoms with Gasteiger partial charge in [0.05, 0.1) is 18.4 Å². The van der Waals surface area contributed by atoms with Crippen molar-refractivity contribution in [1.82, 2.24) is 14.9 Å². The van der Waals surface area contributed by atoms with E-state index in [4.69, 9.17) is 8.83 Å². The van der Waals surface area contributed by atoms with Crippen molar-refractivity contribution in [2.45, 2.75) is 19.9 Å². The van der Waals surface area contributed by atoms with Crippen LogP contribution in [0.25, 0.3) is 11.7 Å². The van der Waals surface area contributed by atoms with Crippen LogP contribution in [0, 0.1) is 6.92 Å². The number of pyridine rings is 1. The number of amides is 1. The van der Waals surface area contributed by atoms with Gasteiger partial charge >= 0.3 is 0 Å². The van der Waals surface area contributed by atoms with Gasteiger partial charge in [-0.25, -0.2) is 9.97 Å². The van der Waals surface area contributed by atoms with Gasteiger partial charge in [-0.05, 0) is 50.8 Å². The molecule has 0 unspecified atom stereocenters. The summed E-state index contributed by atoms with van der Waals surface area (Å²) in [5.41, 5.74) is 1.65. The second-order valence-electron chi connectivity index (χ2n) is 6.01. The minimum absolute atomic E-state index is 0.107. The first-order chi connectivity index (χ1) is 12.0. The van der Waals surface area contributed by atoms with Crippen molar-refractivity contribution in [3.8, 4) is 11.7 Å². The number of anilines is 1. The maximum Gasteiger partial charge on any atom is 0.263 e. The van der Waals surface area contributed by atoms with E-state index in [1.165, 1.54) is 0 Å². The molecule has 3 aromatic heterocycles. The molecule has 0 saturated carbocycles. The molecule has 7 nitrogen and oxygen atoms in total. The number of nitrogens with zero attached hydrogens (tertiary/aromatic N) is 3. The normalized spacial score (nSPS) is 11.0. The van der Waals surface area contributed by atoms with Crippen LogP contribution in [0.15, 0.2) is 45.6 Å². The summed E-state index contributed by atoms with van der Waals surface area (Å²) in [6.07, 6.45) is 3.34. The van der Waals surface area contributed by atoms with Crippen molar-refractivity contribution in [1.29, 1.82) is 0 Å². The highest BCUT2D eigenvalue weighted by Crippen LogP contribution is 2.22. The highest BCUT2D eigenvalue weighted by Gasteiger charge is 2.16. The lowest BCUT2D eigenvalue weighted by Gasteiger charge is -2.10. The Kier molecular flexibility index (Phi) is 4.95. The molecule has 0 bridgehead atoms. The number of carbonyl (C=O) groups excluding carboxylic acids is 1. The third-order valence-corrected chi connectivity index (χ3v) is 3.54. The Bertz CT molecular complexity index is 853. The lowest BCUT2D eigenvalue weighted by molar-refractivity contribution is -0.115. The number of rotatable bonds is 6. The Morgan fingerprint density at radius 1 is 1.32 bits per heavy atom. The molecular weight excluding hydrogens is 320 g/mol. The fourth-order valence-corrected chi connectivity index (χ4v) is 2.44. The van der Waals surface area contributed by atoms with E-state index in [1.54, 1.807) is 31.5 Å². The van der Waals surface area contributed by atoms with Crippen molar-refractivity contribution >= 4 is 11.7 Å². The van der Waals surface area contributed by atoms with Gasteiger partial charge in [0, 0.05) is 12.7 Å². The number of hydrogen-bond acceptors (Lipinski definition) is 6. The average molecular weight is 340 g/mol. The SMILES string of the molecule is Cc1oc(-c2ccco2)nc1CC(=O)Nc1cc(CN(C)C)ccn1. The van der Waals surface area contributed by atoms with Crippen molar-refractivity contribution < 1.29 is 13.6 Å². The number of nitrogens with one attached hydrogen (secondary N) is 1. The van der Waals surface area contributed by atoms with Gasteiger partial charge in [-0.3, -0.25) is 4.79 Å². The zero-order valence-electron chi connectivity index (χ0n) is 14.4. The average Bonchev–Trinajstić information content (AvgIpc) is 3.17. The molecule has 3 rings (SSSR count). The van der Waals surface area contributed by atoms with E-state index in [0.717, 1.165) is 12.1 Å². The van der Waals surface area contributed by atoms with Gasteiger partial charge in [0.25, 0.3) is 5.89 Å². The summed E-state index contributed by atoms with van der Waals surface area (Å²) >= 11 is 0. The van der Waals surface area contributed by atoms with Crippen LogP contribution in [0.5, 0.6) is 0 Å². The smallest absolute Gasteiger partial charge is 0.263 e. The summed E-state index contributed by atoms with van der Waals surface area (Å²) in [6.45, 7) is 2.55. The van der Waals surface area contributed by atoms with Gasteiger partial charge in [-0.1, -0.05) is 0 Å². The molecule has 3 aromatic rings. The zero-order valence-corrected chi connectivity index (χ0v) is 14.4. The zero-order chi connectivity index (χ0) is 17.8. The molecule has 0 aliphatic carbocycles. The summed E-state index contributed by atoms with van der Waals surface area (Å²) in [5, 5.41) is 2.80. The van der Waals surface area contributed by atoms with E-state index in [0.29, 0.717) is 28.9 Å². The molecule has 1 amide bonds. The number of oxazole rings is 1. The van der Waals surface area contributed by atoms with Crippen LogP contribution < -0.4 is 5.32 Å². The second-order valence-corrected chi connectivity index (χ2v) is 6.01. The van der Waals surface area contributed by atoms with E-state index in [2.05, 4.69) is 20.2 Å². The summed E-state index contributed by atoms with van der Waals surface area (Å²) in [5.74, 6) is 1.83. The van der Waals surface area contributed by atoms with Gasteiger partial charge in [0.2, 0.25) is 5.91 Å². The summed E-state index contributed by atoms with van der Waals surface area (Å²) < 4.78 is 10.8. The van der Waals surface area contributed by atoms with Crippen LogP contribution in [0.2, 0.25) is 0 Å². The van der Waals surface area contributed by atoms with Gasteiger partial charge < -0.3 is 19.1 Å². The molecule has 0 spiro atoms. The van der Waals surface area contributed by atoms with E-state index in [-0.39, 0.29) is 12.3 Å². The van der Waals surface area contributed by atoms with Crippen LogP contribution in [0.3, 0.4) is 0 Å². The van der Waals surface area contributed by atoms with E-state index in [9.17, 15) is 4.79 Å². The van der Waals surface area contributed by atoms with Crippen molar-refractivity contribution in [3.63, 3.8) is 0 Å². The third-order valence-electron chi connectivity index (χ3n) is 3.54. The third kappa shape index (κ3) is 4.33. The van der Waals surface area contributed by atoms with Gasteiger partial charge in [0.1, 0.15) is 11.6 Å². The van der Waals surface area contributed by atoms with Gasteiger partial charge in [0.15, 0.2) is 5.76 Å². The molecule has 0 aliphatic heterocycles. The molecule has 0 atom stereocenters.